The predicted octanol–water partition coefficient (Wildman–Crippen LogP) is 3.11. The number of hydrogen-bond donors (Lipinski definition) is 4. The van der Waals surface area contributed by atoms with Gasteiger partial charge in [0.05, 0.1) is 52.2 Å². The van der Waals surface area contributed by atoms with Gasteiger partial charge in [0, 0.05) is 31.1 Å². The maximum absolute atomic E-state index is 13.0. The molecule has 3 heterocycles. The van der Waals surface area contributed by atoms with Crippen LogP contribution in [0.2, 0.25) is 0 Å². The molecule has 2 saturated heterocycles. The molecule has 4 N–H and O–H groups in total. The van der Waals surface area contributed by atoms with Crippen molar-refractivity contribution in [3.63, 3.8) is 0 Å². The fraction of sp³-hybridized carbons (Fsp3) is 0.467. The number of nitrogens with zero attached hydrogens (tertiary/aromatic N) is 1. The van der Waals surface area contributed by atoms with E-state index in [4.69, 9.17) is 12.2 Å². The molecule has 4 fully saturated rings. The van der Waals surface area contributed by atoms with Crippen LogP contribution in [0.5, 0.6) is 0 Å². The van der Waals surface area contributed by atoms with Crippen molar-refractivity contribution >= 4 is 81.9 Å². The van der Waals surface area contributed by atoms with Crippen molar-refractivity contribution < 1.29 is 57.5 Å². The predicted molar refractivity (Wildman–Crippen MR) is 228 cm³/mol. The maximum Gasteiger partial charge on any atom is 0.338 e. The number of amides is 7. The Bertz CT molecular complexity index is 2290. The lowest BCUT2D eigenvalue weighted by molar-refractivity contribution is -0.145. The summed E-state index contributed by atoms with van der Waals surface area (Å²) in [4.78, 5) is 133. The molecule has 0 aromatic heterocycles. The van der Waals surface area contributed by atoms with Crippen LogP contribution < -0.4 is 21.3 Å². The van der Waals surface area contributed by atoms with Crippen LogP contribution in [0.25, 0.3) is 0 Å². The van der Waals surface area contributed by atoms with E-state index in [0.717, 1.165) is 4.90 Å². The van der Waals surface area contributed by atoms with Crippen LogP contribution >= 0.6 is 12.2 Å². The highest BCUT2D eigenvalue weighted by atomic mass is 32.1. The molecule has 2 aromatic rings. The number of rotatable bonds is 7. The second-order valence-corrected chi connectivity index (χ2v) is 17.5. The average Bonchev–Trinajstić information content (AvgIpc) is 3.57. The van der Waals surface area contributed by atoms with Gasteiger partial charge in [-0.1, -0.05) is 71.1 Å². The molecule has 2 aliphatic carbocycles. The van der Waals surface area contributed by atoms with Crippen molar-refractivity contribution in [1.29, 1.82) is 0 Å². The normalized spacial score (nSPS) is 24.8. The number of Topliss-reactive ketones (excluding diaryl/α,β-unsaturated/α-hetero) is 3. The van der Waals surface area contributed by atoms with E-state index in [9.17, 15) is 52.7 Å². The molecule has 5 aliphatic rings. The number of ketones is 3. The van der Waals surface area contributed by atoms with Crippen molar-refractivity contribution in [2.75, 3.05) is 7.11 Å². The summed E-state index contributed by atoms with van der Waals surface area (Å²) in [5, 5.41) is 10.1. The first-order chi connectivity index (χ1) is 29.6. The Balaban J connectivity index is 0.000000179. The highest BCUT2D eigenvalue weighted by Gasteiger charge is 2.65. The highest BCUT2D eigenvalue weighted by Crippen LogP contribution is 2.62. The number of hydrogen-bond acceptors (Lipinski definition) is 13. The molecule has 7 rings (SSSR count). The minimum absolute atomic E-state index is 0.0720. The summed E-state index contributed by atoms with van der Waals surface area (Å²) < 4.78 is 4.62. The minimum Gasteiger partial charge on any atom is -0.465 e. The van der Waals surface area contributed by atoms with E-state index in [1.54, 1.807) is 36.4 Å². The highest BCUT2D eigenvalue weighted by molar-refractivity contribution is 7.80. The van der Waals surface area contributed by atoms with Gasteiger partial charge >= 0.3 is 5.97 Å². The van der Waals surface area contributed by atoms with Gasteiger partial charge in [-0.05, 0) is 55.4 Å². The molecule has 4 atom stereocenters. The zero-order valence-electron chi connectivity index (χ0n) is 36.0. The van der Waals surface area contributed by atoms with Crippen molar-refractivity contribution in [2.45, 2.75) is 111 Å². The van der Waals surface area contributed by atoms with E-state index in [1.165, 1.54) is 19.2 Å². The lowest BCUT2D eigenvalue weighted by atomic mass is 9.58. The molecule has 18 heteroatoms. The number of thiocarbonyl (C=S) groups is 1. The molecule has 334 valence electrons. The average molecular weight is 886 g/mol. The standard InChI is InChI=1S/C17H26N2O4.C15H15NO5.C13H10N2O3S/c1-6-17(9-11(20)15(2,3)16(17,4)5)14(23)18-10-7-8-12(21)19-13(10)22;1-21-15(20)11-5-3-2-4-10(11)14(19)16-12-7-6-9(17)8-13(12)18;16-11-9(5-6-10(19)14-11)15-12(17)7-3-1-2-4-8(7)13(15)18/h10H,6-9H2,1-5H3,(H,18,23)(H,19,21,22);2-5,12H,6-8H2,1H3,(H,16,19);1-4,9H,5-6H2,(H,14,16,19). The van der Waals surface area contributed by atoms with E-state index in [-0.39, 0.29) is 71.9 Å². The number of piperidine rings is 2. The number of methoxy groups -OCH3 is 1. The molecule has 63 heavy (non-hydrogen) atoms. The van der Waals surface area contributed by atoms with E-state index >= 15 is 0 Å². The summed E-state index contributed by atoms with van der Waals surface area (Å²) in [5.41, 5.74) is -0.982. The van der Waals surface area contributed by atoms with Crippen molar-refractivity contribution in [3.8, 4) is 0 Å². The second kappa shape index (κ2) is 19.0. The van der Waals surface area contributed by atoms with Gasteiger partial charge in [0.15, 0.2) is 5.78 Å². The summed E-state index contributed by atoms with van der Waals surface area (Å²) in [7, 11) is 1.23. The Labute approximate surface area is 369 Å². The van der Waals surface area contributed by atoms with Crippen molar-refractivity contribution in [2.24, 2.45) is 16.2 Å². The van der Waals surface area contributed by atoms with Gasteiger partial charge in [-0.25, -0.2) is 4.79 Å². The number of carbonyl (C=O) groups is 11. The maximum atomic E-state index is 13.0. The van der Waals surface area contributed by atoms with Gasteiger partial charge < -0.3 is 20.7 Å². The molecule has 0 radical (unpaired) electrons. The summed E-state index contributed by atoms with van der Waals surface area (Å²) in [6, 6.07) is 10.6. The molecule has 3 aliphatic heterocycles. The van der Waals surface area contributed by atoms with Gasteiger partial charge in [-0.15, -0.1) is 0 Å². The number of carbonyl (C=O) groups excluding carboxylic acids is 11. The number of benzene rings is 2. The van der Waals surface area contributed by atoms with E-state index in [1.807, 2.05) is 34.6 Å². The third-order valence-corrected chi connectivity index (χ3v) is 13.5. The van der Waals surface area contributed by atoms with Crippen LogP contribution in [0.4, 0.5) is 0 Å². The Morgan fingerprint density at radius 2 is 1.35 bits per heavy atom. The Hall–Kier alpha value is -6.30. The van der Waals surface area contributed by atoms with Crippen LogP contribution in [-0.4, -0.2) is 99.8 Å². The van der Waals surface area contributed by atoms with E-state index in [2.05, 4.69) is 26.0 Å². The quantitative estimate of drug-likeness (QED) is 0.135. The molecule has 7 amide bonds. The Kier molecular flexibility index (Phi) is 14.4. The fourth-order valence-electron chi connectivity index (χ4n) is 8.53. The number of ether oxygens (including phenoxy) is 1. The summed E-state index contributed by atoms with van der Waals surface area (Å²) in [6.07, 6.45) is 2.52. The number of nitrogens with one attached hydrogen (secondary N) is 4. The number of esters is 1. The smallest absolute Gasteiger partial charge is 0.338 e. The molecule has 2 saturated carbocycles. The van der Waals surface area contributed by atoms with Gasteiger partial charge in [0.1, 0.15) is 23.7 Å². The van der Waals surface area contributed by atoms with E-state index < -0.39 is 64.0 Å². The van der Waals surface area contributed by atoms with Crippen LogP contribution in [0.15, 0.2) is 48.5 Å². The molecule has 0 spiro atoms. The van der Waals surface area contributed by atoms with Crippen LogP contribution in [0.3, 0.4) is 0 Å². The third-order valence-electron chi connectivity index (χ3n) is 13.2. The first-order valence-electron chi connectivity index (χ1n) is 20.6. The Morgan fingerprint density at radius 3 is 1.87 bits per heavy atom. The summed E-state index contributed by atoms with van der Waals surface area (Å²) in [6.45, 7) is 9.56. The van der Waals surface area contributed by atoms with Gasteiger partial charge in [0.2, 0.25) is 23.6 Å². The first kappa shape index (κ1) is 47.7. The van der Waals surface area contributed by atoms with Gasteiger partial charge in [-0.3, -0.25) is 58.2 Å². The third kappa shape index (κ3) is 9.40. The van der Waals surface area contributed by atoms with Gasteiger partial charge in [0.25, 0.3) is 17.7 Å². The zero-order valence-corrected chi connectivity index (χ0v) is 36.8. The SMILES string of the molecule is CCC1(C(=O)NC2CCC(=O)NC2=O)CC(=O)C(C)(C)C1(C)C.COC(=O)c1ccccc1C(=O)NC1CCC(=O)CC1=O.O=C1NC(=S)CCC1N1C(=O)c2ccccc2C1=O. The fourth-order valence-corrected chi connectivity index (χ4v) is 8.75. The molecule has 0 bridgehead atoms. The first-order valence-corrected chi connectivity index (χ1v) is 21.0. The minimum atomic E-state index is -0.838. The zero-order chi connectivity index (χ0) is 46.6. The number of fused-ring (bicyclic) bond motifs is 1. The molecule has 2 aromatic carbocycles. The Morgan fingerprint density at radius 1 is 0.762 bits per heavy atom. The van der Waals surface area contributed by atoms with Crippen molar-refractivity contribution in [3.05, 3.63) is 70.8 Å². The van der Waals surface area contributed by atoms with Crippen LogP contribution in [0, 0.1) is 16.2 Å². The van der Waals surface area contributed by atoms with Crippen LogP contribution in [-0.2, 0) is 38.3 Å². The van der Waals surface area contributed by atoms with Crippen molar-refractivity contribution in [1.82, 2.24) is 26.2 Å². The second-order valence-electron chi connectivity index (χ2n) is 17.0. The summed E-state index contributed by atoms with van der Waals surface area (Å²) >= 11 is 4.92. The van der Waals surface area contributed by atoms with E-state index in [0.29, 0.717) is 48.2 Å². The molecule has 17 nitrogen and oxygen atoms in total. The topological polar surface area (TPSA) is 248 Å². The van der Waals surface area contributed by atoms with Crippen LogP contribution in [0.1, 0.15) is 134 Å². The largest absolute Gasteiger partial charge is 0.465 e. The van der Waals surface area contributed by atoms with Gasteiger partial charge in [-0.2, -0.15) is 0 Å². The lowest BCUT2D eigenvalue weighted by Crippen LogP contribution is -2.58. The molecule has 4 unspecified atom stereocenters. The summed E-state index contributed by atoms with van der Waals surface area (Å²) in [5.74, 6) is -3.73. The monoisotopic (exact) mass is 885 g/mol. The number of imide groups is 2. The lowest BCUT2D eigenvalue weighted by Gasteiger charge is -2.45. The molecular weight excluding hydrogens is 835 g/mol. The molecular formula is C45H51N5O12S.